The lowest BCUT2D eigenvalue weighted by atomic mass is 10.1. The second-order valence-electron chi connectivity index (χ2n) is 5.11. The predicted molar refractivity (Wildman–Crippen MR) is 74.2 cm³/mol. The molecule has 1 saturated carbocycles. The van der Waals surface area contributed by atoms with Crippen molar-refractivity contribution in [1.82, 2.24) is 0 Å². The Balaban J connectivity index is 1.65. The van der Waals surface area contributed by atoms with E-state index in [1.807, 2.05) is 24.3 Å². The summed E-state index contributed by atoms with van der Waals surface area (Å²) in [5, 5.41) is 9.30. The molecule has 4 nitrogen and oxygen atoms in total. The van der Waals surface area contributed by atoms with E-state index in [1.54, 1.807) is 0 Å². The highest BCUT2D eigenvalue weighted by molar-refractivity contribution is 5.27. The summed E-state index contributed by atoms with van der Waals surface area (Å²) in [4.78, 5) is 0. The van der Waals surface area contributed by atoms with Crippen LogP contribution in [0.25, 0.3) is 0 Å². The second kappa shape index (κ2) is 7.48. The Hall–Kier alpha value is -1.10. The summed E-state index contributed by atoms with van der Waals surface area (Å²) < 4.78 is 11.0. The molecule has 2 rings (SSSR count). The molecule has 0 spiro atoms. The Labute approximate surface area is 114 Å². The van der Waals surface area contributed by atoms with Crippen LogP contribution in [0.3, 0.4) is 0 Å². The van der Waals surface area contributed by atoms with Crippen LogP contribution in [-0.2, 0) is 11.2 Å². The predicted octanol–water partition coefficient (Wildman–Crippen LogP) is 1.35. The molecule has 19 heavy (non-hydrogen) atoms. The highest BCUT2D eigenvalue weighted by Gasteiger charge is 2.20. The Morgan fingerprint density at radius 1 is 1.26 bits per heavy atom. The summed E-state index contributed by atoms with van der Waals surface area (Å²) in [6, 6.07) is 7.90. The SMILES string of the molecule is NCC(O)COc1ccc(CCOCC2CC2)cc1. The van der Waals surface area contributed by atoms with Gasteiger partial charge in [0.05, 0.1) is 6.61 Å². The average Bonchev–Trinajstić information content (AvgIpc) is 3.26. The van der Waals surface area contributed by atoms with Crippen molar-refractivity contribution < 1.29 is 14.6 Å². The zero-order valence-electron chi connectivity index (χ0n) is 11.3. The number of ether oxygens (including phenoxy) is 2. The summed E-state index contributed by atoms with van der Waals surface area (Å²) >= 11 is 0. The lowest BCUT2D eigenvalue weighted by Gasteiger charge is -2.10. The summed E-state index contributed by atoms with van der Waals surface area (Å²) in [6.07, 6.45) is 3.00. The average molecular weight is 265 g/mol. The van der Waals surface area contributed by atoms with Crippen LogP contribution >= 0.6 is 0 Å². The summed E-state index contributed by atoms with van der Waals surface area (Å²) in [5.41, 5.74) is 6.55. The molecule has 0 radical (unpaired) electrons. The van der Waals surface area contributed by atoms with Crippen molar-refractivity contribution in [2.24, 2.45) is 11.7 Å². The Bertz CT molecular complexity index is 362. The van der Waals surface area contributed by atoms with Gasteiger partial charge in [-0.1, -0.05) is 12.1 Å². The van der Waals surface area contributed by atoms with Crippen molar-refractivity contribution in [2.75, 3.05) is 26.4 Å². The van der Waals surface area contributed by atoms with E-state index in [2.05, 4.69) is 0 Å². The van der Waals surface area contributed by atoms with Gasteiger partial charge in [0.1, 0.15) is 18.5 Å². The number of hydrogen-bond acceptors (Lipinski definition) is 4. The standard InChI is InChI=1S/C15H23NO3/c16-9-14(17)11-19-15-5-3-12(4-6-15)7-8-18-10-13-1-2-13/h3-6,13-14,17H,1-2,7-11,16H2. The summed E-state index contributed by atoms with van der Waals surface area (Å²) in [7, 11) is 0. The minimum atomic E-state index is -0.601. The third-order valence-electron chi connectivity index (χ3n) is 3.22. The van der Waals surface area contributed by atoms with E-state index in [4.69, 9.17) is 15.2 Å². The molecule has 1 aromatic carbocycles. The highest BCUT2D eigenvalue weighted by atomic mass is 16.5. The number of hydrogen-bond donors (Lipinski definition) is 2. The van der Waals surface area contributed by atoms with Crippen LogP contribution in [-0.4, -0.2) is 37.6 Å². The van der Waals surface area contributed by atoms with Gasteiger partial charge in [-0.3, -0.25) is 0 Å². The van der Waals surface area contributed by atoms with Gasteiger partial charge in [-0.2, -0.15) is 0 Å². The van der Waals surface area contributed by atoms with E-state index in [1.165, 1.54) is 18.4 Å². The molecule has 0 saturated heterocycles. The van der Waals surface area contributed by atoms with Crippen molar-refractivity contribution in [3.05, 3.63) is 29.8 Å². The molecule has 1 atom stereocenters. The van der Waals surface area contributed by atoms with Crippen molar-refractivity contribution >= 4 is 0 Å². The summed E-state index contributed by atoms with van der Waals surface area (Å²) in [6.45, 7) is 2.15. The van der Waals surface area contributed by atoms with Gasteiger partial charge in [0.2, 0.25) is 0 Å². The first-order valence-electron chi connectivity index (χ1n) is 6.95. The fourth-order valence-electron chi connectivity index (χ4n) is 1.74. The molecule has 1 aliphatic carbocycles. The van der Waals surface area contributed by atoms with E-state index in [-0.39, 0.29) is 13.2 Å². The van der Waals surface area contributed by atoms with Gasteiger partial charge in [0, 0.05) is 13.2 Å². The van der Waals surface area contributed by atoms with Crippen LogP contribution in [0.15, 0.2) is 24.3 Å². The van der Waals surface area contributed by atoms with E-state index in [0.29, 0.717) is 0 Å². The monoisotopic (exact) mass is 265 g/mol. The minimum Gasteiger partial charge on any atom is -0.491 e. The van der Waals surface area contributed by atoms with Crippen molar-refractivity contribution in [2.45, 2.75) is 25.4 Å². The number of aliphatic hydroxyl groups excluding tert-OH is 1. The molecule has 1 fully saturated rings. The number of rotatable bonds is 9. The van der Waals surface area contributed by atoms with Crippen LogP contribution in [0.2, 0.25) is 0 Å². The van der Waals surface area contributed by atoms with Gasteiger partial charge in [-0.05, 0) is 42.9 Å². The molecule has 0 heterocycles. The molecule has 1 unspecified atom stereocenters. The van der Waals surface area contributed by atoms with Crippen molar-refractivity contribution in [3.63, 3.8) is 0 Å². The maximum Gasteiger partial charge on any atom is 0.119 e. The van der Waals surface area contributed by atoms with Gasteiger partial charge >= 0.3 is 0 Å². The zero-order chi connectivity index (χ0) is 13.5. The lowest BCUT2D eigenvalue weighted by molar-refractivity contribution is 0.114. The van der Waals surface area contributed by atoms with Crippen molar-refractivity contribution in [3.8, 4) is 5.75 Å². The maximum atomic E-state index is 9.30. The first kappa shape index (κ1) is 14.3. The molecule has 3 N–H and O–H groups in total. The van der Waals surface area contributed by atoms with Crippen LogP contribution in [0.5, 0.6) is 5.75 Å². The Morgan fingerprint density at radius 2 is 2.00 bits per heavy atom. The lowest BCUT2D eigenvalue weighted by Crippen LogP contribution is -2.26. The van der Waals surface area contributed by atoms with Crippen LogP contribution in [0.1, 0.15) is 18.4 Å². The van der Waals surface area contributed by atoms with E-state index in [9.17, 15) is 5.11 Å². The minimum absolute atomic E-state index is 0.219. The molecule has 0 aliphatic heterocycles. The Morgan fingerprint density at radius 3 is 2.63 bits per heavy atom. The molecule has 1 aliphatic rings. The Kier molecular flexibility index (Phi) is 5.63. The van der Waals surface area contributed by atoms with Gasteiger partial charge < -0.3 is 20.3 Å². The van der Waals surface area contributed by atoms with Crippen molar-refractivity contribution in [1.29, 1.82) is 0 Å². The largest absolute Gasteiger partial charge is 0.491 e. The van der Waals surface area contributed by atoms with Gasteiger partial charge in [-0.15, -0.1) is 0 Å². The van der Waals surface area contributed by atoms with Crippen LogP contribution in [0, 0.1) is 5.92 Å². The fraction of sp³-hybridized carbons (Fsp3) is 0.600. The molecule has 0 amide bonds. The first-order chi connectivity index (χ1) is 9.28. The van der Waals surface area contributed by atoms with E-state index < -0.39 is 6.10 Å². The molecular weight excluding hydrogens is 242 g/mol. The van der Waals surface area contributed by atoms with E-state index >= 15 is 0 Å². The molecule has 0 aromatic heterocycles. The molecule has 1 aromatic rings. The first-order valence-corrected chi connectivity index (χ1v) is 6.95. The summed E-state index contributed by atoms with van der Waals surface area (Å²) in [5.74, 6) is 1.58. The third-order valence-corrected chi connectivity index (χ3v) is 3.22. The van der Waals surface area contributed by atoms with Gasteiger partial charge in [-0.25, -0.2) is 0 Å². The normalized spacial score (nSPS) is 16.3. The molecular formula is C15H23NO3. The molecule has 0 bridgehead atoms. The highest BCUT2D eigenvalue weighted by Crippen LogP contribution is 2.28. The maximum absolute atomic E-state index is 9.30. The van der Waals surface area contributed by atoms with Gasteiger partial charge in [0.25, 0.3) is 0 Å². The number of aliphatic hydroxyl groups is 1. The quantitative estimate of drug-likeness (QED) is 0.662. The third kappa shape index (κ3) is 5.59. The topological polar surface area (TPSA) is 64.7 Å². The fourth-order valence-corrected chi connectivity index (χ4v) is 1.74. The van der Waals surface area contributed by atoms with Gasteiger partial charge in [0.15, 0.2) is 0 Å². The van der Waals surface area contributed by atoms with E-state index in [0.717, 1.165) is 31.3 Å². The zero-order valence-corrected chi connectivity index (χ0v) is 11.3. The smallest absolute Gasteiger partial charge is 0.119 e. The van der Waals surface area contributed by atoms with Crippen LogP contribution in [0.4, 0.5) is 0 Å². The number of benzene rings is 1. The molecule has 4 heteroatoms. The van der Waals surface area contributed by atoms with Crippen LogP contribution < -0.4 is 10.5 Å². The molecule has 106 valence electrons. The number of nitrogens with two attached hydrogens (primary N) is 1. The second-order valence-corrected chi connectivity index (χ2v) is 5.11.